The zero-order valence-corrected chi connectivity index (χ0v) is 18.6. The largest absolute Gasteiger partial charge is 0.507 e. The maximum Gasteiger partial charge on any atom is 0.250 e. The molecule has 172 valence electrons. The van der Waals surface area contributed by atoms with Crippen molar-refractivity contribution in [3.8, 4) is 17.2 Å². The van der Waals surface area contributed by atoms with Gasteiger partial charge >= 0.3 is 0 Å². The molecule has 0 saturated heterocycles. The van der Waals surface area contributed by atoms with Crippen LogP contribution in [0.4, 0.5) is 29.2 Å². The van der Waals surface area contributed by atoms with Crippen LogP contribution in [0.25, 0.3) is 0 Å². The lowest BCUT2D eigenvalue weighted by Crippen LogP contribution is -2.07. The van der Waals surface area contributed by atoms with Crippen LogP contribution in [0.3, 0.4) is 0 Å². The zero-order valence-electron chi connectivity index (χ0n) is 18.6. The first kappa shape index (κ1) is 22.3. The van der Waals surface area contributed by atoms with Gasteiger partial charge in [0.25, 0.3) is 0 Å². The number of rotatable bonds is 9. The smallest absolute Gasteiger partial charge is 0.250 e. The molecule has 10 nitrogen and oxygen atoms in total. The van der Waals surface area contributed by atoms with E-state index in [2.05, 4.69) is 36.1 Å². The molecule has 4 aromatic rings. The van der Waals surface area contributed by atoms with Gasteiger partial charge in [0.2, 0.25) is 17.8 Å². The van der Waals surface area contributed by atoms with Crippen LogP contribution in [0.5, 0.6) is 17.2 Å². The molecule has 0 fully saturated rings. The lowest BCUT2D eigenvalue weighted by molar-refractivity contribution is 0.415. The number of methoxy groups -OCH3 is 2. The van der Waals surface area contributed by atoms with Gasteiger partial charge in [0.15, 0.2) is 0 Å². The number of ether oxygens (including phenoxy) is 2. The molecule has 0 unspecified atom stereocenters. The summed E-state index contributed by atoms with van der Waals surface area (Å²) in [6.07, 6.45) is 1.48. The van der Waals surface area contributed by atoms with E-state index in [1.165, 1.54) is 6.21 Å². The Bertz CT molecular complexity index is 1190. The van der Waals surface area contributed by atoms with E-state index < -0.39 is 0 Å². The van der Waals surface area contributed by atoms with Crippen LogP contribution in [-0.2, 0) is 0 Å². The van der Waals surface area contributed by atoms with Crippen molar-refractivity contribution in [2.24, 2.45) is 5.10 Å². The summed E-state index contributed by atoms with van der Waals surface area (Å²) in [4.78, 5) is 13.2. The summed E-state index contributed by atoms with van der Waals surface area (Å²) in [5.74, 6) is 2.40. The maximum atomic E-state index is 9.90. The monoisotopic (exact) mass is 457 g/mol. The van der Waals surface area contributed by atoms with Gasteiger partial charge in [0, 0.05) is 16.9 Å². The molecule has 0 aliphatic heterocycles. The highest BCUT2D eigenvalue weighted by atomic mass is 16.5. The van der Waals surface area contributed by atoms with Crippen LogP contribution in [0.15, 0.2) is 77.9 Å². The minimum Gasteiger partial charge on any atom is -0.507 e. The Balaban J connectivity index is 1.58. The molecule has 1 heterocycles. The van der Waals surface area contributed by atoms with Crippen LogP contribution in [0.1, 0.15) is 5.56 Å². The predicted molar refractivity (Wildman–Crippen MR) is 132 cm³/mol. The lowest BCUT2D eigenvalue weighted by Gasteiger charge is -2.11. The Morgan fingerprint density at radius 1 is 0.706 bits per heavy atom. The molecule has 10 heteroatoms. The molecule has 0 bridgehead atoms. The van der Waals surface area contributed by atoms with Gasteiger partial charge in [-0.1, -0.05) is 12.1 Å². The van der Waals surface area contributed by atoms with Gasteiger partial charge in [-0.15, -0.1) is 0 Å². The lowest BCUT2D eigenvalue weighted by atomic mass is 10.2. The molecular weight excluding hydrogens is 434 g/mol. The fourth-order valence-corrected chi connectivity index (χ4v) is 2.90. The summed E-state index contributed by atoms with van der Waals surface area (Å²) in [6, 6.07) is 21.6. The average molecular weight is 457 g/mol. The standard InChI is InChI=1S/C24H23N7O3/c1-33-19-11-7-17(8-12-19)26-22-28-23(27-18-9-13-20(34-2)14-10-18)30-24(29-22)31-25-15-16-5-3-4-6-21(16)32/h3-15,32H,1-2H3,(H3,26,27,28,29,30,31)/b25-15+. The normalized spacial score (nSPS) is 10.6. The van der Waals surface area contributed by atoms with E-state index in [0.717, 1.165) is 22.9 Å². The second-order valence-electron chi connectivity index (χ2n) is 6.94. The van der Waals surface area contributed by atoms with Crippen molar-refractivity contribution in [2.45, 2.75) is 0 Å². The number of anilines is 5. The third kappa shape index (κ3) is 5.88. The second kappa shape index (κ2) is 10.6. The highest BCUT2D eigenvalue weighted by Gasteiger charge is 2.08. The van der Waals surface area contributed by atoms with Gasteiger partial charge in [-0.05, 0) is 60.7 Å². The van der Waals surface area contributed by atoms with Gasteiger partial charge < -0.3 is 25.2 Å². The quantitative estimate of drug-likeness (QED) is 0.212. The molecule has 34 heavy (non-hydrogen) atoms. The fraction of sp³-hybridized carbons (Fsp3) is 0.0833. The highest BCUT2D eigenvalue weighted by Crippen LogP contribution is 2.22. The average Bonchev–Trinajstić information content (AvgIpc) is 2.86. The number of hydrogen-bond donors (Lipinski definition) is 4. The summed E-state index contributed by atoms with van der Waals surface area (Å²) >= 11 is 0. The number of hydrogen-bond acceptors (Lipinski definition) is 10. The summed E-state index contributed by atoms with van der Waals surface area (Å²) in [7, 11) is 3.22. The first-order valence-corrected chi connectivity index (χ1v) is 10.3. The molecule has 0 spiro atoms. The Morgan fingerprint density at radius 3 is 1.71 bits per heavy atom. The number of benzene rings is 3. The molecule has 0 saturated carbocycles. The molecule has 0 aliphatic carbocycles. The molecule has 0 atom stereocenters. The van der Waals surface area contributed by atoms with Crippen LogP contribution in [0, 0.1) is 0 Å². The Kier molecular flexibility index (Phi) is 6.99. The van der Waals surface area contributed by atoms with Crippen molar-refractivity contribution in [3.63, 3.8) is 0 Å². The van der Waals surface area contributed by atoms with Gasteiger partial charge in [0.1, 0.15) is 17.2 Å². The Labute approximate surface area is 196 Å². The number of nitrogens with zero attached hydrogens (tertiary/aromatic N) is 4. The summed E-state index contributed by atoms with van der Waals surface area (Å²) < 4.78 is 10.4. The van der Waals surface area contributed by atoms with E-state index in [9.17, 15) is 5.11 Å². The molecule has 0 aliphatic rings. The van der Waals surface area contributed by atoms with E-state index in [0.29, 0.717) is 17.5 Å². The van der Waals surface area contributed by atoms with Gasteiger partial charge in [-0.2, -0.15) is 20.1 Å². The number of nitrogens with one attached hydrogen (secondary N) is 3. The van der Waals surface area contributed by atoms with Crippen LogP contribution in [0.2, 0.25) is 0 Å². The van der Waals surface area contributed by atoms with E-state index in [1.54, 1.807) is 38.5 Å². The van der Waals surface area contributed by atoms with Gasteiger partial charge in [-0.25, -0.2) is 5.43 Å². The van der Waals surface area contributed by atoms with Crippen molar-refractivity contribution in [1.82, 2.24) is 15.0 Å². The van der Waals surface area contributed by atoms with Gasteiger partial charge in [-0.3, -0.25) is 0 Å². The van der Waals surface area contributed by atoms with Crippen molar-refractivity contribution in [2.75, 3.05) is 30.3 Å². The van der Waals surface area contributed by atoms with Crippen molar-refractivity contribution in [1.29, 1.82) is 0 Å². The zero-order chi connectivity index (χ0) is 23.8. The van der Waals surface area contributed by atoms with E-state index in [1.807, 2.05) is 48.5 Å². The minimum absolute atomic E-state index is 0.118. The topological polar surface area (TPSA) is 126 Å². The molecule has 0 radical (unpaired) electrons. The van der Waals surface area contributed by atoms with Gasteiger partial charge in [0.05, 0.1) is 20.4 Å². The third-order valence-corrected chi connectivity index (χ3v) is 4.63. The molecule has 4 rings (SSSR count). The van der Waals surface area contributed by atoms with Crippen LogP contribution >= 0.6 is 0 Å². The molecule has 3 aromatic carbocycles. The minimum atomic E-state index is 0.118. The summed E-state index contributed by atoms with van der Waals surface area (Å²) in [6.45, 7) is 0. The number of para-hydroxylation sites is 1. The number of aromatic hydroxyl groups is 1. The predicted octanol–water partition coefficient (Wildman–Crippen LogP) is 4.53. The summed E-state index contributed by atoms with van der Waals surface area (Å²) in [5, 5.41) is 20.3. The number of aromatic nitrogens is 3. The highest BCUT2D eigenvalue weighted by molar-refractivity contribution is 5.83. The van der Waals surface area contributed by atoms with E-state index in [4.69, 9.17) is 9.47 Å². The number of phenolic OH excluding ortho intramolecular Hbond substituents is 1. The Hall–Kier alpha value is -4.86. The number of hydrazone groups is 1. The van der Waals surface area contributed by atoms with Crippen molar-refractivity contribution in [3.05, 3.63) is 78.4 Å². The first-order valence-electron chi connectivity index (χ1n) is 10.3. The molecule has 1 aromatic heterocycles. The van der Waals surface area contributed by atoms with Crippen molar-refractivity contribution < 1.29 is 14.6 Å². The number of phenols is 1. The maximum absolute atomic E-state index is 9.90. The SMILES string of the molecule is COc1ccc(Nc2nc(N/N=C/c3ccccc3O)nc(Nc3ccc(OC)cc3)n2)cc1. The third-order valence-electron chi connectivity index (χ3n) is 4.63. The first-order chi connectivity index (χ1) is 16.6. The van der Waals surface area contributed by atoms with E-state index in [-0.39, 0.29) is 11.7 Å². The van der Waals surface area contributed by atoms with Crippen molar-refractivity contribution >= 4 is 35.4 Å². The molecule has 4 N–H and O–H groups in total. The van der Waals surface area contributed by atoms with Crippen LogP contribution < -0.4 is 25.5 Å². The molecule has 0 amide bonds. The molecular formula is C24H23N7O3. The van der Waals surface area contributed by atoms with E-state index >= 15 is 0 Å². The second-order valence-corrected chi connectivity index (χ2v) is 6.94. The fourth-order valence-electron chi connectivity index (χ4n) is 2.90. The Morgan fingerprint density at radius 2 is 1.21 bits per heavy atom. The van der Waals surface area contributed by atoms with Crippen LogP contribution in [-0.4, -0.2) is 40.5 Å². The summed E-state index contributed by atoms with van der Waals surface area (Å²) in [5.41, 5.74) is 4.88.